The van der Waals surface area contributed by atoms with E-state index in [2.05, 4.69) is 11.8 Å². The predicted octanol–water partition coefficient (Wildman–Crippen LogP) is 2.35. The second-order valence-electron chi connectivity index (χ2n) is 6.11. The number of nitrogens with zero attached hydrogens (tertiary/aromatic N) is 1. The summed E-state index contributed by atoms with van der Waals surface area (Å²) in [6, 6.07) is 6.27. The molecule has 1 saturated carbocycles. The lowest BCUT2D eigenvalue weighted by Crippen LogP contribution is -2.38. The van der Waals surface area contributed by atoms with E-state index in [9.17, 15) is 4.79 Å². The second-order valence-corrected chi connectivity index (χ2v) is 6.11. The van der Waals surface area contributed by atoms with Gasteiger partial charge in [0.15, 0.2) is 0 Å². The van der Waals surface area contributed by atoms with Gasteiger partial charge in [0.05, 0.1) is 12.2 Å². The molecule has 1 heterocycles. The summed E-state index contributed by atoms with van der Waals surface area (Å²) in [7, 11) is 0. The van der Waals surface area contributed by atoms with E-state index in [0.29, 0.717) is 23.9 Å². The quantitative estimate of drug-likeness (QED) is 0.846. The zero-order valence-corrected chi connectivity index (χ0v) is 12.4. The molecule has 2 bridgehead atoms. The average molecular weight is 283 g/mol. The van der Waals surface area contributed by atoms with E-state index in [1.54, 1.807) is 0 Å². The third kappa shape index (κ3) is 2.82. The van der Waals surface area contributed by atoms with Crippen LogP contribution in [0.1, 0.15) is 47.2 Å². The topological polar surface area (TPSA) is 40.5 Å². The lowest BCUT2D eigenvalue weighted by Gasteiger charge is -2.27. The molecule has 2 fully saturated rings. The van der Waals surface area contributed by atoms with Crippen molar-refractivity contribution in [2.75, 3.05) is 13.2 Å². The summed E-state index contributed by atoms with van der Waals surface area (Å²) in [6.45, 7) is 2.96. The second kappa shape index (κ2) is 5.91. The SMILES string of the molecule is Cc1ccc(C#CCCO)c(C(=O)N2CC3CCC2C3)c1. The Bertz CT molecular complexity index is 611. The molecular formula is C18H21NO2. The molecule has 1 N–H and O–H groups in total. The largest absolute Gasteiger partial charge is 0.395 e. The van der Waals surface area contributed by atoms with Crippen molar-refractivity contribution in [1.29, 1.82) is 0 Å². The molecular weight excluding hydrogens is 262 g/mol. The summed E-state index contributed by atoms with van der Waals surface area (Å²) in [5.74, 6) is 6.78. The molecule has 110 valence electrons. The molecule has 1 aliphatic heterocycles. The van der Waals surface area contributed by atoms with Crippen molar-refractivity contribution in [3.05, 3.63) is 34.9 Å². The van der Waals surface area contributed by atoms with Gasteiger partial charge in [0, 0.05) is 24.6 Å². The number of hydrogen-bond donors (Lipinski definition) is 1. The van der Waals surface area contributed by atoms with Gasteiger partial charge in [-0.15, -0.1) is 0 Å². The van der Waals surface area contributed by atoms with Crippen molar-refractivity contribution in [3.8, 4) is 11.8 Å². The summed E-state index contributed by atoms with van der Waals surface area (Å²) in [6.07, 6.45) is 4.03. The smallest absolute Gasteiger partial charge is 0.255 e. The van der Waals surface area contributed by atoms with Crippen LogP contribution in [-0.2, 0) is 0 Å². The zero-order valence-electron chi connectivity index (χ0n) is 12.4. The van der Waals surface area contributed by atoms with E-state index in [1.807, 2.05) is 30.0 Å². The van der Waals surface area contributed by atoms with Gasteiger partial charge in [-0.3, -0.25) is 4.79 Å². The number of piperidine rings is 1. The lowest BCUT2D eigenvalue weighted by molar-refractivity contribution is 0.0703. The minimum Gasteiger partial charge on any atom is -0.395 e. The Morgan fingerprint density at radius 2 is 2.29 bits per heavy atom. The summed E-state index contributed by atoms with van der Waals surface area (Å²) < 4.78 is 0. The van der Waals surface area contributed by atoms with E-state index < -0.39 is 0 Å². The number of hydrogen-bond acceptors (Lipinski definition) is 2. The fraction of sp³-hybridized carbons (Fsp3) is 0.500. The molecule has 21 heavy (non-hydrogen) atoms. The molecule has 1 amide bonds. The summed E-state index contributed by atoms with van der Waals surface area (Å²) >= 11 is 0. The van der Waals surface area contributed by atoms with Gasteiger partial charge in [-0.25, -0.2) is 0 Å². The van der Waals surface area contributed by atoms with Crippen LogP contribution < -0.4 is 0 Å². The fourth-order valence-corrected chi connectivity index (χ4v) is 3.49. The van der Waals surface area contributed by atoms with Gasteiger partial charge in [0.1, 0.15) is 0 Å². The number of amides is 1. The van der Waals surface area contributed by atoms with Gasteiger partial charge in [-0.05, 0) is 44.2 Å². The number of carbonyl (C=O) groups excluding carboxylic acids is 1. The first-order valence-electron chi connectivity index (χ1n) is 7.70. The third-order valence-electron chi connectivity index (χ3n) is 4.54. The standard InChI is InChI=1S/C18H21NO2/c1-13-5-7-15(4-2-3-9-20)17(10-13)18(21)19-12-14-6-8-16(19)11-14/h5,7,10,14,16,20H,3,6,8-9,11-12H2,1H3. The fourth-order valence-electron chi connectivity index (χ4n) is 3.49. The molecule has 0 aromatic heterocycles. The van der Waals surface area contributed by atoms with Gasteiger partial charge in [-0.1, -0.05) is 23.5 Å². The van der Waals surface area contributed by atoms with Crippen LogP contribution in [-0.4, -0.2) is 35.1 Å². The summed E-state index contributed by atoms with van der Waals surface area (Å²) in [5, 5.41) is 8.83. The van der Waals surface area contributed by atoms with Gasteiger partial charge >= 0.3 is 0 Å². The van der Waals surface area contributed by atoms with Gasteiger partial charge in [0.25, 0.3) is 5.91 Å². The highest BCUT2D eigenvalue weighted by Gasteiger charge is 2.40. The molecule has 1 aromatic carbocycles. The minimum atomic E-state index is 0.0536. The number of benzene rings is 1. The molecule has 2 unspecified atom stereocenters. The molecule has 2 aliphatic rings. The summed E-state index contributed by atoms with van der Waals surface area (Å²) in [5.41, 5.74) is 2.57. The number of aliphatic hydroxyl groups is 1. The molecule has 1 aliphatic carbocycles. The highest BCUT2D eigenvalue weighted by atomic mass is 16.2. The number of likely N-dealkylation sites (tertiary alicyclic amines) is 1. The Balaban J connectivity index is 1.88. The van der Waals surface area contributed by atoms with Crippen LogP contribution >= 0.6 is 0 Å². The third-order valence-corrected chi connectivity index (χ3v) is 4.54. The molecule has 2 atom stereocenters. The van der Waals surface area contributed by atoms with Gasteiger partial charge < -0.3 is 10.0 Å². The van der Waals surface area contributed by atoms with Crippen LogP contribution in [0, 0.1) is 24.7 Å². The lowest BCUT2D eigenvalue weighted by atomic mass is 10.0. The van der Waals surface area contributed by atoms with Crippen molar-refractivity contribution < 1.29 is 9.90 Å². The van der Waals surface area contributed by atoms with E-state index in [0.717, 1.165) is 24.1 Å². The van der Waals surface area contributed by atoms with E-state index in [-0.39, 0.29) is 12.5 Å². The summed E-state index contributed by atoms with van der Waals surface area (Å²) in [4.78, 5) is 14.9. The molecule has 1 aromatic rings. The Labute approximate surface area is 126 Å². The van der Waals surface area contributed by atoms with Gasteiger partial charge in [0.2, 0.25) is 0 Å². The van der Waals surface area contributed by atoms with Gasteiger partial charge in [-0.2, -0.15) is 0 Å². The number of carbonyl (C=O) groups is 1. The number of aliphatic hydroxyl groups excluding tert-OH is 1. The van der Waals surface area contributed by atoms with Crippen molar-refractivity contribution in [2.45, 2.75) is 38.6 Å². The Morgan fingerprint density at radius 1 is 1.43 bits per heavy atom. The van der Waals surface area contributed by atoms with Crippen LogP contribution in [0.2, 0.25) is 0 Å². The maximum atomic E-state index is 12.9. The van der Waals surface area contributed by atoms with Crippen LogP contribution in [0.4, 0.5) is 0 Å². The predicted molar refractivity (Wildman–Crippen MR) is 81.9 cm³/mol. The zero-order chi connectivity index (χ0) is 14.8. The maximum Gasteiger partial charge on any atom is 0.255 e. The molecule has 0 spiro atoms. The van der Waals surface area contributed by atoms with Crippen LogP contribution in [0.5, 0.6) is 0 Å². The van der Waals surface area contributed by atoms with Crippen molar-refractivity contribution in [3.63, 3.8) is 0 Å². The number of fused-ring (bicyclic) bond motifs is 2. The first kappa shape index (κ1) is 14.2. The van der Waals surface area contributed by atoms with E-state index in [1.165, 1.54) is 12.8 Å². The van der Waals surface area contributed by atoms with E-state index in [4.69, 9.17) is 5.11 Å². The van der Waals surface area contributed by atoms with Crippen molar-refractivity contribution in [2.24, 2.45) is 5.92 Å². The molecule has 0 radical (unpaired) electrons. The first-order chi connectivity index (χ1) is 10.2. The van der Waals surface area contributed by atoms with Crippen LogP contribution in [0.15, 0.2) is 18.2 Å². The highest BCUT2D eigenvalue weighted by Crippen LogP contribution is 2.38. The number of rotatable bonds is 2. The van der Waals surface area contributed by atoms with Crippen LogP contribution in [0.3, 0.4) is 0 Å². The van der Waals surface area contributed by atoms with Crippen molar-refractivity contribution >= 4 is 5.91 Å². The Morgan fingerprint density at radius 3 is 2.95 bits per heavy atom. The highest BCUT2D eigenvalue weighted by molar-refractivity contribution is 5.97. The molecule has 3 heteroatoms. The molecule has 3 rings (SSSR count). The number of aryl methyl sites for hydroxylation is 1. The maximum absolute atomic E-state index is 12.9. The van der Waals surface area contributed by atoms with Crippen molar-refractivity contribution in [1.82, 2.24) is 4.90 Å². The molecule has 3 nitrogen and oxygen atoms in total. The monoisotopic (exact) mass is 283 g/mol. The minimum absolute atomic E-state index is 0.0536. The van der Waals surface area contributed by atoms with Crippen LogP contribution in [0.25, 0.3) is 0 Å². The molecule has 1 saturated heterocycles. The average Bonchev–Trinajstić information content (AvgIpc) is 3.11. The Kier molecular flexibility index (Phi) is 3.98. The first-order valence-corrected chi connectivity index (χ1v) is 7.70. The van der Waals surface area contributed by atoms with E-state index >= 15 is 0 Å². The Hall–Kier alpha value is -1.79. The normalized spacial score (nSPS) is 23.0.